The van der Waals surface area contributed by atoms with E-state index in [2.05, 4.69) is 54.7 Å². The van der Waals surface area contributed by atoms with E-state index in [1.807, 2.05) is 18.2 Å². The lowest BCUT2D eigenvalue weighted by atomic mass is 10.0. The van der Waals surface area contributed by atoms with Gasteiger partial charge in [-0.1, -0.05) is 17.7 Å². The van der Waals surface area contributed by atoms with Gasteiger partial charge in [0.25, 0.3) is 0 Å². The normalized spacial score (nSPS) is 15.5. The quantitative estimate of drug-likeness (QED) is 0.309. The van der Waals surface area contributed by atoms with Crippen molar-refractivity contribution < 1.29 is 14.2 Å². The molecule has 0 bridgehead atoms. The van der Waals surface area contributed by atoms with Gasteiger partial charge in [-0.25, -0.2) is 4.98 Å². The molecular formula is C30H36ClN7O3. The van der Waals surface area contributed by atoms with Crippen LogP contribution in [0.15, 0.2) is 42.6 Å². The number of halogens is 1. The molecule has 41 heavy (non-hydrogen) atoms. The zero-order chi connectivity index (χ0) is 28.4. The fourth-order valence-electron chi connectivity index (χ4n) is 5.02. The summed E-state index contributed by atoms with van der Waals surface area (Å²) in [6.07, 6.45) is 3.87. The van der Waals surface area contributed by atoms with Crippen LogP contribution >= 0.6 is 11.6 Å². The highest BCUT2D eigenvalue weighted by Gasteiger charge is 2.17. The first-order valence-electron chi connectivity index (χ1n) is 14.0. The molecule has 10 nitrogen and oxygen atoms in total. The average molecular weight is 578 g/mol. The average Bonchev–Trinajstić information content (AvgIpc) is 3.21. The number of morpholine rings is 1. The monoisotopic (exact) mass is 577 g/mol. The van der Waals surface area contributed by atoms with Gasteiger partial charge in [-0.2, -0.15) is 10.2 Å². The number of rotatable bonds is 11. The number of aromatic nitrogens is 2. The molecule has 11 heteroatoms. The molecule has 0 amide bonds. The fourth-order valence-corrected chi connectivity index (χ4v) is 5.16. The molecule has 0 atom stereocenters. The standard InChI is InChI=1S/C30H36ClN7O3/c1-39-16-12-37-10-7-22-3-4-24(19-23(22)8-11-37)34-30-33-21-26(31)29(36-30)35-27-6-5-25(38-13-17-40-18-14-38)20-28(27)41-15-2-9-32/h3-6,19-21H,2,7-8,10-18H2,1H3,(H2,33,34,35,36). The van der Waals surface area contributed by atoms with Crippen molar-refractivity contribution in [1.82, 2.24) is 14.9 Å². The summed E-state index contributed by atoms with van der Waals surface area (Å²) < 4.78 is 16.7. The molecule has 0 aliphatic carbocycles. The van der Waals surface area contributed by atoms with Crippen LogP contribution in [0.25, 0.3) is 0 Å². The second kappa shape index (κ2) is 14.3. The Hall–Kier alpha value is -3.62. The van der Waals surface area contributed by atoms with Crippen LogP contribution in [0.1, 0.15) is 17.5 Å². The smallest absolute Gasteiger partial charge is 0.229 e. The first-order chi connectivity index (χ1) is 20.1. The van der Waals surface area contributed by atoms with Crippen LogP contribution in [-0.4, -0.2) is 81.1 Å². The summed E-state index contributed by atoms with van der Waals surface area (Å²) >= 11 is 6.51. The van der Waals surface area contributed by atoms with Gasteiger partial charge < -0.3 is 34.6 Å². The van der Waals surface area contributed by atoms with Crippen LogP contribution in [0.4, 0.5) is 28.8 Å². The number of ether oxygens (including phenoxy) is 3. The summed E-state index contributed by atoms with van der Waals surface area (Å²) in [5.74, 6) is 1.51. The molecule has 1 saturated heterocycles. The number of hydrogen-bond acceptors (Lipinski definition) is 10. The predicted octanol–water partition coefficient (Wildman–Crippen LogP) is 4.79. The molecule has 0 saturated carbocycles. The number of nitrogens with zero attached hydrogens (tertiary/aromatic N) is 5. The van der Waals surface area contributed by atoms with Gasteiger partial charge in [0.15, 0.2) is 5.82 Å². The molecule has 0 unspecified atom stereocenters. The lowest BCUT2D eigenvalue weighted by Crippen LogP contribution is -2.36. The predicted molar refractivity (Wildman–Crippen MR) is 161 cm³/mol. The molecule has 216 valence electrons. The first kappa shape index (κ1) is 28.9. The van der Waals surface area contributed by atoms with Crippen molar-refractivity contribution in [2.75, 3.05) is 81.8 Å². The number of benzene rings is 2. The van der Waals surface area contributed by atoms with Gasteiger partial charge in [-0.15, -0.1) is 0 Å². The van der Waals surface area contributed by atoms with Crippen molar-refractivity contribution in [1.29, 1.82) is 5.26 Å². The van der Waals surface area contributed by atoms with Gasteiger partial charge in [0, 0.05) is 57.3 Å². The topological polar surface area (TPSA) is 108 Å². The number of anilines is 5. The van der Waals surface area contributed by atoms with E-state index in [-0.39, 0.29) is 13.0 Å². The third-order valence-electron chi connectivity index (χ3n) is 7.28. The Labute approximate surface area is 246 Å². The fraction of sp³-hybridized carbons (Fsp3) is 0.433. The van der Waals surface area contributed by atoms with Crippen LogP contribution in [0.2, 0.25) is 5.02 Å². The number of nitrogens with one attached hydrogen (secondary N) is 2. The Morgan fingerprint density at radius 3 is 2.66 bits per heavy atom. The van der Waals surface area contributed by atoms with E-state index in [1.54, 1.807) is 13.3 Å². The minimum atomic E-state index is 0.282. The van der Waals surface area contributed by atoms with Crippen molar-refractivity contribution >= 4 is 40.4 Å². The summed E-state index contributed by atoms with van der Waals surface area (Å²) in [6, 6.07) is 14.5. The van der Waals surface area contributed by atoms with Crippen LogP contribution in [-0.2, 0) is 22.3 Å². The molecule has 0 radical (unpaired) electrons. The second-order valence-electron chi connectivity index (χ2n) is 9.99. The SMILES string of the molecule is COCCN1CCc2ccc(Nc3ncc(Cl)c(Nc4ccc(N5CCOCC5)cc4OCCC#N)n3)cc2CC1. The number of nitriles is 1. The van der Waals surface area contributed by atoms with Crippen molar-refractivity contribution in [3.05, 3.63) is 58.7 Å². The Morgan fingerprint density at radius 1 is 1.02 bits per heavy atom. The zero-order valence-electron chi connectivity index (χ0n) is 23.4. The lowest BCUT2D eigenvalue weighted by molar-refractivity contribution is 0.122. The highest BCUT2D eigenvalue weighted by molar-refractivity contribution is 6.33. The molecule has 2 aromatic carbocycles. The van der Waals surface area contributed by atoms with Gasteiger partial charge in [0.1, 0.15) is 17.4 Å². The minimum absolute atomic E-state index is 0.282. The van der Waals surface area contributed by atoms with Crippen LogP contribution < -0.4 is 20.3 Å². The van der Waals surface area contributed by atoms with Crippen molar-refractivity contribution in [2.24, 2.45) is 0 Å². The summed E-state index contributed by atoms with van der Waals surface area (Å²) in [5, 5.41) is 16.0. The van der Waals surface area contributed by atoms with Gasteiger partial charge in [-0.3, -0.25) is 0 Å². The van der Waals surface area contributed by atoms with Crippen LogP contribution in [0.5, 0.6) is 5.75 Å². The van der Waals surface area contributed by atoms with Gasteiger partial charge >= 0.3 is 0 Å². The number of methoxy groups -OCH3 is 1. The van der Waals surface area contributed by atoms with E-state index in [0.29, 0.717) is 41.4 Å². The van der Waals surface area contributed by atoms with Gasteiger partial charge in [-0.05, 0) is 48.2 Å². The molecule has 3 aromatic rings. The summed E-state index contributed by atoms with van der Waals surface area (Å²) in [6.45, 7) is 7.02. The number of fused-ring (bicyclic) bond motifs is 1. The zero-order valence-corrected chi connectivity index (χ0v) is 24.1. The molecule has 1 aromatic heterocycles. The summed E-state index contributed by atoms with van der Waals surface area (Å²) in [7, 11) is 1.75. The van der Waals surface area contributed by atoms with Crippen molar-refractivity contribution in [3.8, 4) is 11.8 Å². The second-order valence-corrected chi connectivity index (χ2v) is 10.4. The molecule has 1 fully saturated rings. The van der Waals surface area contributed by atoms with Crippen molar-refractivity contribution in [2.45, 2.75) is 19.3 Å². The Morgan fingerprint density at radius 2 is 1.85 bits per heavy atom. The third kappa shape index (κ3) is 7.77. The van der Waals surface area contributed by atoms with E-state index >= 15 is 0 Å². The maximum Gasteiger partial charge on any atom is 0.229 e. The van der Waals surface area contributed by atoms with Crippen LogP contribution in [0.3, 0.4) is 0 Å². The van der Waals surface area contributed by atoms with E-state index in [9.17, 15) is 0 Å². The summed E-state index contributed by atoms with van der Waals surface area (Å²) in [4.78, 5) is 13.8. The molecular weight excluding hydrogens is 542 g/mol. The molecule has 2 N–H and O–H groups in total. The van der Waals surface area contributed by atoms with Gasteiger partial charge in [0.2, 0.25) is 5.95 Å². The Kier molecular flexibility index (Phi) is 10.1. The maximum atomic E-state index is 9.00. The number of hydrogen-bond donors (Lipinski definition) is 2. The Bertz CT molecular complexity index is 1360. The minimum Gasteiger partial charge on any atom is -0.490 e. The maximum absolute atomic E-state index is 9.00. The first-order valence-corrected chi connectivity index (χ1v) is 14.4. The highest BCUT2D eigenvalue weighted by atomic mass is 35.5. The molecule has 2 aliphatic heterocycles. The molecule has 0 spiro atoms. The Balaban J connectivity index is 1.31. The molecule has 2 aliphatic rings. The molecule has 3 heterocycles. The van der Waals surface area contributed by atoms with E-state index in [0.717, 1.165) is 63.5 Å². The van der Waals surface area contributed by atoms with E-state index in [1.165, 1.54) is 11.1 Å². The highest BCUT2D eigenvalue weighted by Crippen LogP contribution is 2.34. The van der Waals surface area contributed by atoms with Gasteiger partial charge in [0.05, 0.1) is 44.2 Å². The lowest BCUT2D eigenvalue weighted by Gasteiger charge is -2.29. The third-order valence-corrected chi connectivity index (χ3v) is 7.56. The molecule has 5 rings (SSSR count). The largest absolute Gasteiger partial charge is 0.490 e. The van der Waals surface area contributed by atoms with Crippen LogP contribution in [0, 0.1) is 11.3 Å². The van der Waals surface area contributed by atoms with E-state index < -0.39 is 0 Å². The van der Waals surface area contributed by atoms with E-state index in [4.69, 9.17) is 31.1 Å². The summed E-state index contributed by atoms with van der Waals surface area (Å²) in [5.41, 5.74) is 5.38. The van der Waals surface area contributed by atoms with Crippen molar-refractivity contribution in [3.63, 3.8) is 0 Å².